The Labute approximate surface area is 162 Å². The van der Waals surface area contributed by atoms with Crippen LogP contribution in [-0.2, 0) is 11.3 Å². The summed E-state index contributed by atoms with van der Waals surface area (Å²) in [5.74, 6) is 0.315. The number of nitrogens with one attached hydrogen (secondary N) is 2. The van der Waals surface area contributed by atoms with Gasteiger partial charge >= 0.3 is 0 Å². The minimum atomic E-state index is -0.210. The molecule has 0 unspecified atom stereocenters. The third kappa shape index (κ3) is 3.89. The Balaban J connectivity index is 1.56. The van der Waals surface area contributed by atoms with Crippen molar-refractivity contribution in [3.63, 3.8) is 0 Å². The van der Waals surface area contributed by atoms with E-state index < -0.39 is 0 Å². The monoisotopic (exact) mass is 378 g/mol. The number of carbonyl (C=O) groups is 1. The van der Waals surface area contributed by atoms with Crippen molar-refractivity contribution in [3.8, 4) is 0 Å². The number of hydrogen-bond donors (Lipinski definition) is 2. The molecule has 7 nitrogen and oxygen atoms in total. The summed E-state index contributed by atoms with van der Waals surface area (Å²) in [6.45, 7) is 5.01. The van der Waals surface area contributed by atoms with E-state index in [-0.39, 0.29) is 11.5 Å². The van der Waals surface area contributed by atoms with Crippen molar-refractivity contribution in [2.75, 3.05) is 31.2 Å². The van der Waals surface area contributed by atoms with Crippen LogP contribution in [-0.4, -0.2) is 42.2 Å². The molecular weight excluding hydrogens is 356 g/mol. The third-order valence-electron chi connectivity index (χ3n) is 4.84. The summed E-state index contributed by atoms with van der Waals surface area (Å²) in [6.07, 6.45) is 0. The van der Waals surface area contributed by atoms with Gasteiger partial charge < -0.3 is 15.0 Å². The van der Waals surface area contributed by atoms with Crippen molar-refractivity contribution in [1.82, 2.24) is 15.3 Å². The minimum absolute atomic E-state index is 0.197. The van der Waals surface area contributed by atoms with Crippen molar-refractivity contribution in [2.24, 2.45) is 0 Å². The number of morpholine rings is 1. The topological polar surface area (TPSA) is 87.3 Å². The molecule has 0 bridgehead atoms. The molecule has 144 valence electrons. The molecule has 28 heavy (non-hydrogen) atoms. The van der Waals surface area contributed by atoms with Crippen LogP contribution in [0.1, 0.15) is 21.5 Å². The van der Waals surface area contributed by atoms with Crippen molar-refractivity contribution >= 4 is 22.8 Å². The molecule has 1 fully saturated rings. The van der Waals surface area contributed by atoms with E-state index in [2.05, 4.69) is 15.3 Å². The zero-order valence-electron chi connectivity index (χ0n) is 15.7. The first-order valence-electron chi connectivity index (χ1n) is 9.31. The van der Waals surface area contributed by atoms with Gasteiger partial charge in [0.15, 0.2) is 0 Å². The minimum Gasteiger partial charge on any atom is -0.378 e. The number of ether oxygens (including phenoxy) is 1. The van der Waals surface area contributed by atoms with Gasteiger partial charge in [0.05, 0.1) is 24.1 Å². The average Bonchev–Trinajstić information content (AvgIpc) is 2.73. The summed E-state index contributed by atoms with van der Waals surface area (Å²) in [5, 5.41) is 3.38. The van der Waals surface area contributed by atoms with Crippen molar-refractivity contribution < 1.29 is 9.53 Å². The highest BCUT2D eigenvalue weighted by Crippen LogP contribution is 2.15. The molecular formula is C21H22N4O3. The Morgan fingerprint density at radius 1 is 1.18 bits per heavy atom. The van der Waals surface area contributed by atoms with Crippen LogP contribution in [0.5, 0.6) is 0 Å². The first-order valence-corrected chi connectivity index (χ1v) is 9.31. The van der Waals surface area contributed by atoms with Crippen molar-refractivity contribution in [3.05, 3.63) is 69.5 Å². The van der Waals surface area contributed by atoms with E-state index in [1.54, 1.807) is 18.2 Å². The predicted octanol–water partition coefficient (Wildman–Crippen LogP) is 2.00. The summed E-state index contributed by atoms with van der Waals surface area (Å²) in [6, 6.07) is 13.0. The molecule has 1 saturated heterocycles. The van der Waals surface area contributed by atoms with Gasteiger partial charge in [0, 0.05) is 25.2 Å². The quantitative estimate of drug-likeness (QED) is 0.725. The molecule has 2 heterocycles. The van der Waals surface area contributed by atoms with Gasteiger partial charge in [0.25, 0.3) is 11.5 Å². The van der Waals surface area contributed by atoms with E-state index >= 15 is 0 Å². The second kappa shape index (κ2) is 7.82. The molecule has 0 radical (unpaired) electrons. The van der Waals surface area contributed by atoms with Gasteiger partial charge in [-0.2, -0.15) is 0 Å². The second-order valence-electron chi connectivity index (χ2n) is 6.89. The number of H-pyrrole nitrogens is 1. The van der Waals surface area contributed by atoms with Gasteiger partial charge in [-0.15, -0.1) is 0 Å². The fraction of sp³-hybridized carbons (Fsp3) is 0.286. The van der Waals surface area contributed by atoms with E-state index in [0.717, 1.165) is 5.56 Å². The number of aromatic amines is 1. The van der Waals surface area contributed by atoms with Crippen molar-refractivity contribution in [1.29, 1.82) is 0 Å². The zero-order chi connectivity index (χ0) is 19.5. The van der Waals surface area contributed by atoms with Crippen LogP contribution in [0.25, 0.3) is 10.9 Å². The maximum atomic E-state index is 12.5. The van der Waals surface area contributed by atoms with Crippen LogP contribution >= 0.6 is 0 Å². The summed E-state index contributed by atoms with van der Waals surface area (Å²) in [4.78, 5) is 34.3. The Bertz CT molecular complexity index is 1050. The number of benzene rings is 2. The Morgan fingerprint density at radius 2 is 1.93 bits per heavy atom. The van der Waals surface area contributed by atoms with Crippen LogP contribution in [0, 0.1) is 6.92 Å². The number of aromatic nitrogens is 2. The van der Waals surface area contributed by atoms with Gasteiger partial charge in [0.2, 0.25) is 5.95 Å². The summed E-state index contributed by atoms with van der Waals surface area (Å²) < 4.78 is 5.34. The lowest BCUT2D eigenvalue weighted by Gasteiger charge is -2.27. The molecule has 1 aliphatic heterocycles. The number of carbonyl (C=O) groups excluding carboxylic acids is 1. The second-order valence-corrected chi connectivity index (χ2v) is 6.89. The Morgan fingerprint density at radius 3 is 2.68 bits per heavy atom. The highest BCUT2D eigenvalue weighted by atomic mass is 16.5. The predicted molar refractivity (Wildman–Crippen MR) is 108 cm³/mol. The number of anilines is 1. The fourth-order valence-corrected chi connectivity index (χ4v) is 3.18. The fourth-order valence-electron chi connectivity index (χ4n) is 3.18. The van der Waals surface area contributed by atoms with E-state index in [1.807, 2.05) is 36.1 Å². The maximum Gasteiger partial charge on any atom is 0.260 e. The van der Waals surface area contributed by atoms with Crippen LogP contribution in [0.15, 0.2) is 47.3 Å². The van der Waals surface area contributed by atoms with E-state index in [0.29, 0.717) is 55.3 Å². The number of nitrogens with zero attached hydrogens (tertiary/aromatic N) is 2. The lowest BCUT2D eigenvalue weighted by atomic mass is 10.1. The molecule has 1 aliphatic rings. The lowest BCUT2D eigenvalue weighted by molar-refractivity contribution is 0.0951. The first kappa shape index (κ1) is 18.2. The van der Waals surface area contributed by atoms with E-state index in [1.165, 1.54) is 5.56 Å². The third-order valence-corrected chi connectivity index (χ3v) is 4.84. The number of amides is 1. The standard InChI is InChI=1S/C21H22N4O3/c1-14-2-4-15(5-3-14)13-22-19(26)16-6-7-17-18(12-16)23-21(24-20(17)27)25-8-10-28-11-9-25/h2-7,12H,8-11,13H2,1H3,(H,22,26)(H,23,24,27). The van der Waals surface area contributed by atoms with Crippen molar-refractivity contribution in [2.45, 2.75) is 13.5 Å². The Hall–Kier alpha value is -3.19. The molecule has 2 N–H and O–H groups in total. The molecule has 7 heteroatoms. The molecule has 4 rings (SSSR count). The molecule has 3 aromatic rings. The molecule has 0 atom stereocenters. The molecule has 1 amide bonds. The van der Waals surface area contributed by atoms with Crippen LogP contribution in [0.2, 0.25) is 0 Å². The van der Waals surface area contributed by atoms with Gasteiger partial charge in [-0.1, -0.05) is 29.8 Å². The van der Waals surface area contributed by atoms with Crippen LogP contribution in [0.3, 0.4) is 0 Å². The smallest absolute Gasteiger partial charge is 0.260 e. The normalized spacial score (nSPS) is 14.2. The number of hydrogen-bond acceptors (Lipinski definition) is 5. The molecule has 1 aromatic heterocycles. The number of rotatable bonds is 4. The van der Waals surface area contributed by atoms with E-state index in [9.17, 15) is 9.59 Å². The summed E-state index contributed by atoms with van der Waals surface area (Å²) in [7, 11) is 0. The van der Waals surface area contributed by atoms with Gasteiger partial charge in [0.1, 0.15) is 0 Å². The molecule has 2 aromatic carbocycles. The number of aryl methyl sites for hydroxylation is 1. The maximum absolute atomic E-state index is 12.5. The summed E-state index contributed by atoms with van der Waals surface area (Å²) >= 11 is 0. The Kier molecular flexibility index (Phi) is 5.08. The van der Waals surface area contributed by atoms with Gasteiger partial charge in [-0.3, -0.25) is 14.6 Å². The van der Waals surface area contributed by atoms with E-state index in [4.69, 9.17) is 4.74 Å². The average molecular weight is 378 g/mol. The SMILES string of the molecule is Cc1ccc(CNC(=O)c2ccc3c(=O)[nH]c(N4CCOCC4)nc3c2)cc1. The molecule has 0 spiro atoms. The highest BCUT2D eigenvalue weighted by Gasteiger charge is 2.16. The highest BCUT2D eigenvalue weighted by molar-refractivity contribution is 5.97. The van der Waals surface area contributed by atoms with Gasteiger partial charge in [-0.25, -0.2) is 4.98 Å². The van der Waals surface area contributed by atoms with Crippen LogP contribution < -0.4 is 15.8 Å². The summed E-state index contributed by atoms with van der Waals surface area (Å²) in [5.41, 5.74) is 2.98. The largest absolute Gasteiger partial charge is 0.378 e. The first-order chi connectivity index (χ1) is 13.6. The molecule has 0 saturated carbocycles. The van der Waals surface area contributed by atoms with Crippen LogP contribution in [0.4, 0.5) is 5.95 Å². The van der Waals surface area contributed by atoms with Gasteiger partial charge in [-0.05, 0) is 30.7 Å². The molecule has 0 aliphatic carbocycles. The number of fused-ring (bicyclic) bond motifs is 1. The lowest BCUT2D eigenvalue weighted by Crippen LogP contribution is -2.38. The zero-order valence-corrected chi connectivity index (χ0v) is 15.7.